The van der Waals surface area contributed by atoms with E-state index in [1.54, 1.807) is 24.6 Å². The fourth-order valence-electron chi connectivity index (χ4n) is 4.97. The predicted molar refractivity (Wildman–Crippen MR) is 131 cm³/mol. The highest BCUT2D eigenvalue weighted by Gasteiger charge is 2.42. The Balaban J connectivity index is 1.50. The molecule has 5 rings (SSSR count). The molecule has 1 aliphatic carbocycles. The molecule has 0 amide bonds. The second kappa shape index (κ2) is 8.83. The summed E-state index contributed by atoms with van der Waals surface area (Å²) in [5.74, 6) is 1.78. The van der Waals surface area contributed by atoms with Gasteiger partial charge >= 0.3 is 0 Å². The first-order valence-electron chi connectivity index (χ1n) is 11.5. The molecule has 3 aromatic heterocycles. The predicted octanol–water partition coefficient (Wildman–Crippen LogP) is 3.05. The van der Waals surface area contributed by atoms with Crippen LogP contribution in [0.3, 0.4) is 0 Å². The number of thiophene rings is 1. The van der Waals surface area contributed by atoms with E-state index in [-0.39, 0.29) is 0 Å². The van der Waals surface area contributed by atoms with Crippen LogP contribution in [0, 0.1) is 0 Å². The highest BCUT2D eigenvalue weighted by atomic mass is 32.1. The molecule has 0 bridgehead atoms. The first-order chi connectivity index (χ1) is 16.0. The van der Waals surface area contributed by atoms with Gasteiger partial charge in [0.1, 0.15) is 5.69 Å². The van der Waals surface area contributed by atoms with Crippen molar-refractivity contribution in [2.45, 2.75) is 51.0 Å². The topological polar surface area (TPSA) is 118 Å². The van der Waals surface area contributed by atoms with E-state index in [0.717, 1.165) is 55.9 Å². The molecule has 2 aliphatic rings. The lowest BCUT2D eigenvalue weighted by Crippen LogP contribution is -2.38. The van der Waals surface area contributed by atoms with Gasteiger partial charge in [0.2, 0.25) is 17.7 Å². The lowest BCUT2D eigenvalue weighted by atomic mass is 9.72. The van der Waals surface area contributed by atoms with E-state index in [0.29, 0.717) is 29.4 Å². The number of aryl methyl sites for hydroxylation is 1. The van der Waals surface area contributed by atoms with Gasteiger partial charge in [-0.1, -0.05) is 5.16 Å². The van der Waals surface area contributed by atoms with Gasteiger partial charge in [0.25, 0.3) is 0 Å². The number of nitrogen functional groups attached to an aromatic ring is 1. The van der Waals surface area contributed by atoms with Crippen LogP contribution in [0.4, 0.5) is 10.9 Å². The number of fused-ring (bicyclic) bond motifs is 1. The number of aromatic nitrogens is 4. The zero-order valence-corrected chi connectivity index (χ0v) is 20.2. The number of aliphatic imine (C=N–C) groups is 1. The molecule has 0 radical (unpaired) electrons. The summed E-state index contributed by atoms with van der Waals surface area (Å²) in [7, 11) is 1.77. The summed E-state index contributed by atoms with van der Waals surface area (Å²) in [5, 5.41) is 8.56. The largest absolute Gasteiger partial charge is 0.390 e. The maximum Gasteiger partial charge on any atom is 0.237 e. The lowest BCUT2D eigenvalue weighted by molar-refractivity contribution is 0.300. The fraction of sp³-hybridized carbons (Fsp3) is 0.522. The molecule has 0 unspecified atom stereocenters. The number of nitrogens with two attached hydrogens (primary N) is 1. The van der Waals surface area contributed by atoms with Crippen molar-refractivity contribution in [1.29, 1.82) is 0 Å². The molecule has 1 fully saturated rings. The van der Waals surface area contributed by atoms with Gasteiger partial charge in [-0.15, -0.1) is 11.3 Å². The Morgan fingerprint density at radius 2 is 2.24 bits per heavy atom. The fourth-order valence-corrected chi connectivity index (χ4v) is 6.18. The van der Waals surface area contributed by atoms with Gasteiger partial charge in [0.05, 0.1) is 10.4 Å². The third-order valence-corrected chi connectivity index (χ3v) is 7.78. The second-order valence-corrected chi connectivity index (χ2v) is 10.2. The minimum absolute atomic E-state index is 0.311. The standard InChI is InChI=1S/C23H30N8OS/c1-14-12-26-9-5-11-31(14)22-27-10-7-16(28-22)20-29-21(32-30-20)23(2)8-4-6-17-18(23)15(13-25-3)19(24)33-17/h7,10,13-14,26H,4-6,8-9,11-12,24H2,1-3H3/t14-,23-/m0/s1. The molecular weight excluding hydrogens is 436 g/mol. The van der Waals surface area contributed by atoms with E-state index in [1.165, 1.54) is 10.4 Å². The van der Waals surface area contributed by atoms with Gasteiger partial charge in [-0.25, -0.2) is 9.97 Å². The van der Waals surface area contributed by atoms with Crippen LogP contribution in [0.2, 0.25) is 0 Å². The maximum atomic E-state index is 6.35. The minimum Gasteiger partial charge on any atom is -0.390 e. The molecule has 1 aliphatic heterocycles. The van der Waals surface area contributed by atoms with Gasteiger partial charge in [0, 0.05) is 49.0 Å². The number of nitrogens with zero attached hydrogens (tertiary/aromatic N) is 6. The van der Waals surface area contributed by atoms with Crippen LogP contribution in [0.5, 0.6) is 0 Å². The molecular formula is C23H30N8OS. The third kappa shape index (κ3) is 3.91. The van der Waals surface area contributed by atoms with E-state index in [1.807, 2.05) is 12.3 Å². The summed E-state index contributed by atoms with van der Waals surface area (Å²) in [5.41, 5.74) is 8.75. The molecule has 10 heteroatoms. The van der Waals surface area contributed by atoms with Crippen LogP contribution >= 0.6 is 11.3 Å². The quantitative estimate of drug-likeness (QED) is 0.563. The van der Waals surface area contributed by atoms with Crippen molar-refractivity contribution in [3.05, 3.63) is 34.2 Å². The molecule has 33 heavy (non-hydrogen) atoms. The first-order valence-corrected chi connectivity index (χ1v) is 12.3. The van der Waals surface area contributed by atoms with Gasteiger partial charge in [-0.3, -0.25) is 4.99 Å². The van der Waals surface area contributed by atoms with Crippen molar-refractivity contribution in [2.75, 3.05) is 37.3 Å². The summed E-state index contributed by atoms with van der Waals surface area (Å²) >= 11 is 1.64. The van der Waals surface area contributed by atoms with Crippen molar-refractivity contribution in [1.82, 2.24) is 25.4 Å². The van der Waals surface area contributed by atoms with Gasteiger partial charge < -0.3 is 20.5 Å². The highest BCUT2D eigenvalue weighted by molar-refractivity contribution is 7.16. The molecule has 174 valence electrons. The smallest absolute Gasteiger partial charge is 0.237 e. The summed E-state index contributed by atoms with van der Waals surface area (Å²) in [6, 6.07) is 2.15. The van der Waals surface area contributed by atoms with Gasteiger partial charge in [-0.05, 0) is 57.7 Å². The number of nitrogens with one attached hydrogen (secondary N) is 1. The summed E-state index contributed by atoms with van der Waals surface area (Å²) in [6.45, 7) is 7.18. The van der Waals surface area contributed by atoms with Crippen LogP contribution in [0.1, 0.15) is 55.0 Å². The molecule has 1 saturated heterocycles. The molecule has 0 aromatic carbocycles. The molecule has 2 atom stereocenters. The Labute approximate surface area is 197 Å². The van der Waals surface area contributed by atoms with E-state index in [9.17, 15) is 0 Å². The van der Waals surface area contributed by atoms with Crippen molar-refractivity contribution in [3.63, 3.8) is 0 Å². The molecule has 9 nitrogen and oxygen atoms in total. The van der Waals surface area contributed by atoms with Crippen molar-refractivity contribution in [2.24, 2.45) is 4.99 Å². The maximum absolute atomic E-state index is 6.35. The number of hydrogen-bond donors (Lipinski definition) is 2. The number of rotatable bonds is 4. The van der Waals surface area contributed by atoms with Crippen molar-refractivity contribution in [3.8, 4) is 11.5 Å². The Bertz CT molecular complexity index is 1170. The summed E-state index contributed by atoms with van der Waals surface area (Å²) < 4.78 is 5.86. The van der Waals surface area contributed by atoms with Crippen molar-refractivity contribution >= 4 is 28.5 Å². The van der Waals surface area contributed by atoms with E-state index >= 15 is 0 Å². The van der Waals surface area contributed by atoms with Crippen LogP contribution in [0.15, 0.2) is 21.8 Å². The molecule has 4 heterocycles. The molecule has 3 aromatic rings. The number of hydrogen-bond acceptors (Lipinski definition) is 10. The summed E-state index contributed by atoms with van der Waals surface area (Å²) in [4.78, 5) is 21.9. The van der Waals surface area contributed by atoms with E-state index < -0.39 is 5.41 Å². The third-order valence-electron chi connectivity index (χ3n) is 6.69. The average molecular weight is 467 g/mol. The normalized spacial score (nSPS) is 23.6. The van der Waals surface area contributed by atoms with Crippen LogP contribution in [-0.4, -0.2) is 59.0 Å². The zero-order valence-electron chi connectivity index (χ0n) is 19.3. The van der Waals surface area contributed by atoms with E-state index in [2.05, 4.69) is 39.2 Å². The van der Waals surface area contributed by atoms with E-state index in [4.69, 9.17) is 20.2 Å². The zero-order chi connectivity index (χ0) is 23.0. The molecule has 0 saturated carbocycles. The Kier molecular flexibility index (Phi) is 5.88. The second-order valence-electron chi connectivity index (χ2n) is 9.02. The van der Waals surface area contributed by atoms with Crippen LogP contribution in [-0.2, 0) is 11.8 Å². The van der Waals surface area contributed by atoms with Gasteiger partial charge in [0.15, 0.2) is 0 Å². The van der Waals surface area contributed by atoms with Gasteiger partial charge in [-0.2, -0.15) is 4.98 Å². The highest BCUT2D eigenvalue weighted by Crippen LogP contribution is 2.48. The number of anilines is 2. The van der Waals surface area contributed by atoms with Crippen LogP contribution in [0.25, 0.3) is 11.5 Å². The average Bonchev–Trinajstić information content (AvgIpc) is 3.36. The minimum atomic E-state index is -0.412. The SMILES string of the molecule is CN=Cc1c(N)sc2c1[C@@](C)(c1nc(-c3ccnc(N4CCCNC[C@@H]4C)n3)no1)CCC2. The monoisotopic (exact) mass is 466 g/mol. The Morgan fingerprint density at radius 1 is 1.36 bits per heavy atom. The summed E-state index contributed by atoms with van der Waals surface area (Å²) in [6.07, 6.45) is 7.64. The Morgan fingerprint density at radius 3 is 3.09 bits per heavy atom. The lowest BCUT2D eigenvalue weighted by Gasteiger charge is -2.31. The molecule has 0 spiro atoms. The van der Waals surface area contributed by atoms with Crippen molar-refractivity contribution < 1.29 is 4.52 Å². The molecule has 3 N–H and O–H groups in total. The van der Waals surface area contributed by atoms with Crippen LogP contribution < -0.4 is 16.0 Å². The Hall–Kier alpha value is -2.85. The first kappa shape index (κ1) is 22.0.